The van der Waals surface area contributed by atoms with Crippen LogP contribution in [0.25, 0.3) is 21.5 Å². The molecule has 0 aliphatic heterocycles. The van der Waals surface area contributed by atoms with E-state index in [1.54, 1.807) is 24.3 Å². The molecule has 0 fully saturated rings. The van der Waals surface area contributed by atoms with Crippen LogP contribution in [-0.2, 0) is 33.7 Å². The molecule has 202 valence electrons. The van der Waals surface area contributed by atoms with Crippen LogP contribution in [0.3, 0.4) is 0 Å². The van der Waals surface area contributed by atoms with Gasteiger partial charge in [-0.05, 0) is 49.9 Å². The first-order chi connectivity index (χ1) is 19.3. The predicted octanol–water partition coefficient (Wildman–Crippen LogP) is 6.45. The second kappa shape index (κ2) is 11.8. The SMILES string of the molecule is O=C(NCc1ccccc1)OCc1cc2ccccc2cc1CC(=O)C(c1cccc2ccccc12)P(=O)(O)O. The van der Waals surface area contributed by atoms with E-state index < -0.39 is 25.1 Å². The Morgan fingerprint density at radius 1 is 0.750 bits per heavy atom. The van der Waals surface area contributed by atoms with Gasteiger partial charge in [0.05, 0.1) is 0 Å². The summed E-state index contributed by atoms with van der Waals surface area (Å²) in [6.07, 6.45) is -0.855. The molecule has 5 aromatic rings. The Balaban J connectivity index is 1.42. The smallest absolute Gasteiger partial charge is 0.407 e. The van der Waals surface area contributed by atoms with Crippen molar-refractivity contribution in [3.8, 4) is 0 Å². The summed E-state index contributed by atoms with van der Waals surface area (Å²) in [4.78, 5) is 46.8. The van der Waals surface area contributed by atoms with Crippen LogP contribution in [0.5, 0.6) is 0 Å². The summed E-state index contributed by atoms with van der Waals surface area (Å²) in [6.45, 7) is 0.195. The Labute approximate surface area is 231 Å². The highest BCUT2D eigenvalue weighted by molar-refractivity contribution is 7.53. The summed E-state index contributed by atoms with van der Waals surface area (Å²) >= 11 is 0. The van der Waals surface area contributed by atoms with Gasteiger partial charge >= 0.3 is 13.7 Å². The number of benzene rings is 5. The van der Waals surface area contributed by atoms with E-state index in [9.17, 15) is 23.9 Å². The van der Waals surface area contributed by atoms with E-state index in [1.807, 2.05) is 84.9 Å². The van der Waals surface area contributed by atoms with Crippen molar-refractivity contribution >= 4 is 41.0 Å². The molecular formula is C32H28NO6P. The fraction of sp³-hybridized carbons (Fsp3) is 0.125. The number of fused-ring (bicyclic) bond motifs is 2. The molecule has 1 unspecified atom stereocenters. The van der Waals surface area contributed by atoms with Crippen molar-refractivity contribution < 1.29 is 28.7 Å². The Kier molecular flexibility index (Phi) is 8.08. The first kappa shape index (κ1) is 27.3. The molecule has 1 atom stereocenters. The van der Waals surface area contributed by atoms with Gasteiger partial charge in [0.15, 0.2) is 5.78 Å². The molecule has 1 amide bonds. The van der Waals surface area contributed by atoms with E-state index >= 15 is 0 Å². The fourth-order valence-electron chi connectivity index (χ4n) is 4.91. The highest BCUT2D eigenvalue weighted by Gasteiger charge is 2.38. The average Bonchev–Trinajstić information content (AvgIpc) is 2.95. The third-order valence-electron chi connectivity index (χ3n) is 6.83. The van der Waals surface area contributed by atoms with Crippen molar-refractivity contribution in [3.63, 3.8) is 0 Å². The minimum atomic E-state index is -4.87. The molecule has 0 heterocycles. The van der Waals surface area contributed by atoms with E-state index in [2.05, 4.69) is 5.32 Å². The maximum atomic E-state index is 13.7. The van der Waals surface area contributed by atoms with Crippen LogP contribution in [0.2, 0.25) is 0 Å². The molecular weight excluding hydrogens is 525 g/mol. The number of rotatable bonds is 9. The molecule has 0 saturated heterocycles. The van der Waals surface area contributed by atoms with Gasteiger partial charge in [-0.15, -0.1) is 0 Å². The summed E-state index contributed by atoms with van der Waals surface area (Å²) in [6, 6.07) is 32.9. The third kappa shape index (κ3) is 6.29. The second-order valence-electron chi connectivity index (χ2n) is 9.59. The summed E-state index contributed by atoms with van der Waals surface area (Å²) < 4.78 is 18.2. The highest BCUT2D eigenvalue weighted by atomic mass is 31.2. The second-order valence-corrected chi connectivity index (χ2v) is 11.3. The van der Waals surface area contributed by atoms with Gasteiger partial charge in [-0.3, -0.25) is 9.36 Å². The number of hydrogen-bond donors (Lipinski definition) is 3. The van der Waals surface area contributed by atoms with Crippen LogP contribution in [0.4, 0.5) is 4.79 Å². The Bertz CT molecular complexity index is 1730. The summed E-state index contributed by atoms with van der Waals surface area (Å²) in [5, 5.41) is 5.86. The van der Waals surface area contributed by atoms with Gasteiger partial charge in [0.25, 0.3) is 0 Å². The van der Waals surface area contributed by atoms with E-state index in [0.29, 0.717) is 23.1 Å². The minimum absolute atomic E-state index is 0.108. The normalized spacial score (nSPS) is 12.2. The van der Waals surface area contributed by atoms with Crippen molar-refractivity contribution in [2.75, 3.05) is 0 Å². The maximum Gasteiger partial charge on any atom is 0.407 e. The molecule has 5 rings (SSSR count). The number of nitrogens with one attached hydrogen (secondary N) is 1. The zero-order valence-corrected chi connectivity index (χ0v) is 22.5. The molecule has 0 aromatic heterocycles. The number of Topliss-reactive ketones (excluding diaryl/α,β-unsaturated/α-hetero) is 1. The summed E-state index contributed by atoms with van der Waals surface area (Å²) in [7, 11) is -4.87. The Morgan fingerprint density at radius 3 is 2.05 bits per heavy atom. The van der Waals surface area contributed by atoms with Gasteiger partial charge in [0.2, 0.25) is 0 Å². The van der Waals surface area contributed by atoms with Crippen LogP contribution < -0.4 is 5.32 Å². The third-order valence-corrected chi connectivity index (χ3v) is 8.07. The standard InChI is InChI=1S/C32H28NO6P/c34-30(31(40(36,37)38)29-16-8-14-23-11-6-7-15-28(23)29)19-26-17-24-12-4-5-13-25(24)18-27(26)21-39-32(35)33-20-22-9-2-1-3-10-22/h1-18,31H,19-21H2,(H,33,35)(H2,36,37,38). The van der Waals surface area contributed by atoms with E-state index in [0.717, 1.165) is 21.7 Å². The number of carbonyl (C=O) groups excluding carboxylic acids is 2. The molecule has 0 bridgehead atoms. The lowest BCUT2D eigenvalue weighted by Crippen LogP contribution is -2.24. The average molecular weight is 554 g/mol. The van der Waals surface area contributed by atoms with Crippen LogP contribution >= 0.6 is 7.60 Å². The van der Waals surface area contributed by atoms with E-state index in [-0.39, 0.29) is 18.6 Å². The molecule has 40 heavy (non-hydrogen) atoms. The molecule has 0 aliphatic carbocycles. The molecule has 7 nitrogen and oxygen atoms in total. The Hall–Kier alpha value is -4.29. The first-order valence-corrected chi connectivity index (χ1v) is 14.5. The maximum absolute atomic E-state index is 13.7. The topological polar surface area (TPSA) is 113 Å². The zero-order chi connectivity index (χ0) is 28.1. The van der Waals surface area contributed by atoms with Crippen molar-refractivity contribution in [3.05, 3.63) is 131 Å². The van der Waals surface area contributed by atoms with Gasteiger partial charge in [-0.25, -0.2) is 4.79 Å². The van der Waals surface area contributed by atoms with E-state index in [1.165, 1.54) is 0 Å². The quantitative estimate of drug-likeness (QED) is 0.181. The predicted molar refractivity (Wildman–Crippen MR) is 155 cm³/mol. The minimum Gasteiger partial charge on any atom is -0.445 e. The number of alkyl carbamates (subject to hydrolysis) is 1. The number of ketones is 1. The van der Waals surface area contributed by atoms with Gasteiger partial charge in [0.1, 0.15) is 12.3 Å². The lowest BCUT2D eigenvalue weighted by Gasteiger charge is -2.20. The number of carbonyl (C=O) groups is 2. The molecule has 8 heteroatoms. The van der Waals surface area contributed by atoms with Crippen LogP contribution in [0.15, 0.2) is 109 Å². The zero-order valence-electron chi connectivity index (χ0n) is 21.6. The van der Waals surface area contributed by atoms with Crippen molar-refractivity contribution in [1.82, 2.24) is 5.32 Å². The van der Waals surface area contributed by atoms with Gasteiger partial charge in [-0.1, -0.05) is 103 Å². The molecule has 0 spiro atoms. The Morgan fingerprint density at radius 2 is 1.35 bits per heavy atom. The van der Waals surface area contributed by atoms with Gasteiger partial charge in [0, 0.05) is 13.0 Å². The van der Waals surface area contributed by atoms with Gasteiger partial charge in [-0.2, -0.15) is 0 Å². The molecule has 0 radical (unpaired) electrons. The van der Waals surface area contributed by atoms with Crippen LogP contribution in [0, 0.1) is 0 Å². The first-order valence-electron chi connectivity index (χ1n) is 12.8. The van der Waals surface area contributed by atoms with Crippen LogP contribution in [-0.4, -0.2) is 21.7 Å². The van der Waals surface area contributed by atoms with E-state index in [4.69, 9.17) is 4.74 Å². The number of ether oxygens (including phenoxy) is 1. The molecule has 3 N–H and O–H groups in total. The molecule has 0 aliphatic rings. The highest BCUT2D eigenvalue weighted by Crippen LogP contribution is 2.54. The number of hydrogen-bond acceptors (Lipinski definition) is 4. The fourth-order valence-corrected chi connectivity index (χ4v) is 5.97. The lowest BCUT2D eigenvalue weighted by molar-refractivity contribution is -0.118. The van der Waals surface area contributed by atoms with Gasteiger partial charge < -0.3 is 19.8 Å². The van der Waals surface area contributed by atoms with Crippen molar-refractivity contribution in [2.45, 2.75) is 25.2 Å². The van der Waals surface area contributed by atoms with Crippen LogP contribution in [0.1, 0.15) is 27.9 Å². The number of amides is 1. The lowest BCUT2D eigenvalue weighted by atomic mass is 9.94. The summed E-state index contributed by atoms with van der Waals surface area (Å²) in [5.74, 6) is -0.616. The molecule has 0 saturated carbocycles. The molecule has 5 aromatic carbocycles. The largest absolute Gasteiger partial charge is 0.445 e. The monoisotopic (exact) mass is 553 g/mol. The van der Waals surface area contributed by atoms with Crippen molar-refractivity contribution in [1.29, 1.82) is 0 Å². The summed E-state index contributed by atoms with van der Waals surface area (Å²) in [5.41, 5.74) is 0.708. The van der Waals surface area contributed by atoms with Crippen molar-refractivity contribution in [2.24, 2.45) is 0 Å².